The van der Waals surface area contributed by atoms with Gasteiger partial charge in [-0.25, -0.2) is 0 Å². The third-order valence-electron chi connectivity index (χ3n) is 4.12. The second-order valence-electron chi connectivity index (χ2n) is 6.34. The lowest BCUT2D eigenvalue weighted by Gasteiger charge is -2.31. The van der Waals surface area contributed by atoms with E-state index in [2.05, 4.69) is 10.6 Å². The number of carbonyl (C=O) groups is 3. The number of ether oxygens (including phenoxy) is 2. The van der Waals surface area contributed by atoms with E-state index in [4.69, 9.17) is 14.6 Å². The molecule has 3 rings (SSSR count). The Kier molecular flexibility index (Phi) is 5.78. The number of fused-ring (bicyclic) bond motifs is 1. The Balaban J connectivity index is 1.57. The first-order valence-electron chi connectivity index (χ1n) is 8.73. The van der Waals surface area contributed by atoms with Gasteiger partial charge >= 0.3 is 5.97 Å². The van der Waals surface area contributed by atoms with Crippen molar-refractivity contribution in [1.29, 1.82) is 0 Å². The van der Waals surface area contributed by atoms with E-state index in [1.54, 1.807) is 49.4 Å². The summed E-state index contributed by atoms with van der Waals surface area (Å²) >= 11 is 0. The smallest absolute Gasteiger partial charge is 0.322 e. The van der Waals surface area contributed by atoms with Crippen molar-refractivity contribution in [3.63, 3.8) is 0 Å². The van der Waals surface area contributed by atoms with Gasteiger partial charge in [-0.2, -0.15) is 0 Å². The number of amides is 2. The summed E-state index contributed by atoms with van der Waals surface area (Å²) in [7, 11) is 0. The van der Waals surface area contributed by atoms with E-state index in [1.807, 2.05) is 6.07 Å². The van der Waals surface area contributed by atoms with E-state index in [1.165, 1.54) is 0 Å². The lowest BCUT2D eigenvalue weighted by molar-refractivity contribution is -0.137. The largest absolute Gasteiger partial charge is 0.482 e. The van der Waals surface area contributed by atoms with Crippen LogP contribution in [-0.2, 0) is 20.8 Å². The Labute approximate surface area is 161 Å². The fraction of sp³-hybridized carbons (Fsp3) is 0.250. The van der Waals surface area contributed by atoms with Crippen molar-refractivity contribution in [3.8, 4) is 11.5 Å². The molecule has 2 aromatic carbocycles. The molecule has 2 atom stereocenters. The van der Waals surface area contributed by atoms with Crippen molar-refractivity contribution >= 4 is 23.5 Å². The molecule has 0 radical (unpaired) electrons. The van der Waals surface area contributed by atoms with E-state index in [0.717, 1.165) is 0 Å². The number of aliphatic carboxylic acids is 1. The molecule has 2 amide bonds. The number of nitrogens with one attached hydrogen (secondary N) is 2. The van der Waals surface area contributed by atoms with Crippen LogP contribution in [0.4, 0.5) is 5.69 Å². The number of carbonyl (C=O) groups excluding carboxylic acids is 2. The number of carboxylic acids is 1. The number of carboxylic acid groups (broad SMARTS) is 1. The molecule has 0 saturated heterocycles. The van der Waals surface area contributed by atoms with Crippen molar-refractivity contribution < 1.29 is 29.0 Å². The van der Waals surface area contributed by atoms with E-state index in [9.17, 15) is 14.4 Å². The van der Waals surface area contributed by atoms with Gasteiger partial charge in [0.25, 0.3) is 5.91 Å². The lowest BCUT2D eigenvalue weighted by Crippen LogP contribution is -2.46. The van der Waals surface area contributed by atoms with Crippen LogP contribution in [-0.4, -0.2) is 41.6 Å². The normalized spacial score (nSPS) is 17.5. The van der Waals surface area contributed by atoms with Crippen LogP contribution in [0, 0.1) is 0 Å². The van der Waals surface area contributed by atoms with E-state index in [0.29, 0.717) is 22.7 Å². The SMILES string of the molecule is CC1Oc2ccccc2OC1C(=O)Nc1ccc(CC(=O)NCC(=O)O)cc1. The first-order chi connectivity index (χ1) is 13.4. The fourth-order valence-corrected chi connectivity index (χ4v) is 2.75. The molecule has 8 nitrogen and oxygen atoms in total. The molecule has 0 aliphatic carbocycles. The molecule has 3 N–H and O–H groups in total. The predicted molar refractivity (Wildman–Crippen MR) is 100 cm³/mol. The molecule has 0 fully saturated rings. The van der Waals surface area contributed by atoms with Gasteiger partial charge in [0.05, 0.1) is 6.42 Å². The quantitative estimate of drug-likeness (QED) is 0.697. The van der Waals surface area contributed by atoms with Crippen LogP contribution in [0.15, 0.2) is 48.5 Å². The Hall–Kier alpha value is -3.55. The zero-order valence-electron chi connectivity index (χ0n) is 15.2. The van der Waals surface area contributed by atoms with Crippen LogP contribution in [0.3, 0.4) is 0 Å². The van der Waals surface area contributed by atoms with Crippen molar-refractivity contribution in [3.05, 3.63) is 54.1 Å². The van der Waals surface area contributed by atoms with Gasteiger partial charge in [0, 0.05) is 5.69 Å². The van der Waals surface area contributed by atoms with E-state index >= 15 is 0 Å². The van der Waals surface area contributed by atoms with Crippen LogP contribution >= 0.6 is 0 Å². The maximum atomic E-state index is 12.6. The van der Waals surface area contributed by atoms with Gasteiger partial charge in [0.15, 0.2) is 11.5 Å². The Bertz CT molecular complexity index is 881. The molecule has 0 spiro atoms. The van der Waals surface area contributed by atoms with Crippen LogP contribution in [0.2, 0.25) is 0 Å². The Morgan fingerprint density at radius 2 is 1.64 bits per heavy atom. The summed E-state index contributed by atoms with van der Waals surface area (Å²) in [5, 5.41) is 13.6. The maximum absolute atomic E-state index is 12.6. The number of hydrogen-bond acceptors (Lipinski definition) is 5. The highest BCUT2D eigenvalue weighted by Gasteiger charge is 2.34. The Morgan fingerprint density at radius 1 is 1.00 bits per heavy atom. The number of hydrogen-bond donors (Lipinski definition) is 3. The average molecular weight is 384 g/mol. The molecule has 1 aliphatic heterocycles. The van der Waals surface area contributed by atoms with Crippen LogP contribution in [0.25, 0.3) is 0 Å². The number of para-hydroxylation sites is 2. The monoisotopic (exact) mass is 384 g/mol. The third kappa shape index (κ3) is 4.79. The van der Waals surface area contributed by atoms with Crippen LogP contribution in [0.5, 0.6) is 11.5 Å². The summed E-state index contributed by atoms with van der Waals surface area (Å²) in [5.41, 5.74) is 1.25. The highest BCUT2D eigenvalue weighted by atomic mass is 16.6. The van der Waals surface area contributed by atoms with Crippen molar-refractivity contribution in [1.82, 2.24) is 5.32 Å². The van der Waals surface area contributed by atoms with Crippen LogP contribution < -0.4 is 20.1 Å². The highest BCUT2D eigenvalue weighted by molar-refractivity contribution is 5.95. The second kappa shape index (κ2) is 8.43. The molecule has 146 valence electrons. The molecule has 0 saturated carbocycles. The molecule has 0 bridgehead atoms. The van der Waals surface area contributed by atoms with Crippen molar-refractivity contribution in [2.24, 2.45) is 0 Å². The minimum Gasteiger partial charge on any atom is -0.482 e. The molecule has 2 aromatic rings. The molecule has 1 aliphatic rings. The zero-order chi connectivity index (χ0) is 20.1. The van der Waals surface area contributed by atoms with Gasteiger partial charge in [-0.1, -0.05) is 24.3 Å². The van der Waals surface area contributed by atoms with Gasteiger partial charge in [-0.05, 0) is 36.8 Å². The summed E-state index contributed by atoms with van der Waals surface area (Å²) in [6.45, 7) is 1.34. The molecule has 8 heteroatoms. The minimum atomic E-state index is -1.10. The molecule has 0 aromatic heterocycles. The molecular formula is C20H20N2O6. The first kappa shape index (κ1) is 19.2. The lowest BCUT2D eigenvalue weighted by atomic mass is 10.1. The zero-order valence-corrected chi connectivity index (χ0v) is 15.2. The van der Waals surface area contributed by atoms with Gasteiger partial charge in [0.2, 0.25) is 12.0 Å². The molecule has 28 heavy (non-hydrogen) atoms. The summed E-state index contributed by atoms with van der Waals surface area (Å²) in [5.74, 6) is -0.710. The van der Waals surface area contributed by atoms with Gasteiger partial charge in [-0.15, -0.1) is 0 Å². The average Bonchev–Trinajstić information content (AvgIpc) is 2.67. The molecular weight excluding hydrogens is 364 g/mol. The number of benzene rings is 2. The summed E-state index contributed by atoms with van der Waals surface area (Å²) in [6, 6.07) is 13.9. The van der Waals surface area contributed by atoms with Crippen molar-refractivity contribution in [2.45, 2.75) is 25.6 Å². The number of anilines is 1. The topological polar surface area (TPSA) is 114 Å². The van der Waals surface area contributed by atoms with E-state index < -0.39 is 24.7 Å². The fourth-order valence-electron chi connectivity index (χ4n) is 2.75. The van der Waals surface area contributed by atoms with Gasteiger partial charge < -0.3 is 25.2 Å². The third-order valence-corrected chi connectivity index (χ3v) is 4.12. The van der Waals surface area contributed by atoms with Crippen LogP contribution in [0.1, 0.15) is 12.5 Å². The summed E-state index contributed by atoms with van der Waals surface area (Å²) in [6.07, 6.45) is -1.20. The highest BCUT2D eigenvalue weighted by Crippen LogP contribution is 2.33. The minimum absolute atomic E-state index is 0.0505. The summed E-state index contributed by atoms with van der Waals surface area (Å²) < 4.78 is 11.5. The maximum Gasteiger partial charge on any atom is 0.322 e. The van der Waals surface area contributed by atoms with Gasteiger partial charge in [-0.3, -0.25) is 14.4 Å². The van der Waals surface area contributed by atoms with Crippen molar-refractivity contribution in [2.75, 3.05) is 11.9 Å². The first-order valence-corrected chi connectivity index (χ1v) is 8.73. The van der Waals surface area contributed by atoms with Gasteiger partial charge in [0.1, 0.15) is 12.6 Å². The summed E-state index contributed by atoms with van der Waals surface area (Å²) in [4.78, 5) is 34.7. The number of rotatable bonds is 6. The van der Waals surface area contributed by atoms with E-state index in [-0.39, 0.29) is 18.2 Å². The molecule has 1 heterocycles. The molecule has 2 unspecified atom stereocenters. The standard InChI is InChI=1S/C20H20N2O6/c1-12-19(28-16-5-3-2-4-15(16)27-12)20(26)22-14-8-6-13(7-9-14)10-17(23)21-11-18(24)25/h2-9,12,19H,10-11H2,1H3,(H,21,23)(H,22,26)(H,24,25). The second-order valence-corrected chi connectivity index (χ2v) is 6.34. The predicted octanol–water partition coefficient (Wildman–Crippen LogP) is 1.60. The Morgan fingerprint density at radius 3 is 2.29 bits per heavy atom.